The van der Waals surface area contributed by atoms with E-state index in [0.717, 1.165) is 19.4 Å². The summed E-state index contributed by atoms with van der Waals surface area (Å²) in [5.41, 5.74) is 0. The predicted molar refractivity (Wildman–Crippen MR) is 80.3 cm³/mol. The van der Waals surface area contributed by atoms with Crippen molar-refractivity contribution in [1.82, 2.24) is 13.9 Å². The van der Waals surface area contributed by atoms with Crippen molar-refractivity contribution in [2.24, 2.45) is 5.92 Å². The number of terminal acetylenes is 1. The molecule has 0 aromatic rings. The summed E-state index contributed by atoms with van der Waals surface area (Å²) in [4.78, 5) is 0. The Hall–Kier alpha value is -0.610. The number of nitrogens with zero attached hydrogens (tertiary/aromatic N) is 2. The van der Waals surface area contributed by atoms with Gasteiger partial charge in [0.1, 0.15) is 0 Å². The van der Waals surface area contributed by atoms with Crippen molar-refractivity contribution in [2.75, 3.05) is 32.7 Å². The van der Waals surface area contributed by atoms with Crippen LogP contribution in [0.15, 0.2) is 0 Å². The van der Waals surface area contributed by atoms with Crippen LogP contribution < -0.4 is 5.32 Å². The Labute approximate surface area is 122 Å². The van der Waals surface area contributed by atoms with E-state index >= 15 is 0 Å². The molecule has 0 spiro atoms. The largest absolute Gasteiger partial charge is 0.314 e. The van der Waals surface area contributed by atoms with Gasteiger partial charge >= 0.3 is 0 Å². The van der Waals surface area contributed by atoms with E-state index in [4.69, 9.17) is 6.42 Å². The summed E-state index contributed by atoms with van der Waals surface area (Å²) in [6, 6.07) is 0.676. The van der Waals surface area contributed by atoms with Crippen LogP contribution in [0.1, 0.15) is 32.6 Å². The minimum atomic E-state index is -3.40. The molecule has 6 heteroatoms. The van der Waals surface area contributed by atoms with Crippen molar-refractivity contribution >= 4 is 10.2 Å². The third-order valence-electron chi connectivity index (χ3n) is 4.03. The number of hydrogen-bond donors (Lipinski definition) is 1. The summed E-state index contributed by atoms with van der Waals surface area (Å²) in [7, 11) is -3.40. The third kappa shape index (κ3) is 3.95. The van der Waals surface area contributed by atoms with Crippen molar-refractivity contribution in [3.8, 4) is 12.3 Å². The van der Waals surface area contributed by atoms with E-state index in [-0.39, 0.29) is 6.54 Å². The molecule has 1 N–H and O–H groups in total. The Kier molecular flexibility index (Phi) is 5.44. The van der Waals surface area contributed by atoms with Gasteiger partial charge in [-0.25, -0.2) is 0 Å². The molecule has 2 rings (SSSR count). The zero-order valence-corrected chi connectivity index (χ0v) is 13.0. The highest BCUT2D eigenvalue weighted by atomic mass is 32.2. The molecular formula is C14H25N3O2S. The highest BCUT2D eigenvalue weighted by molar-refractivity contribution is 7.86. The van der Waals surface area contributed by atoms with Crippen LogP contribution in [0.2, 0.25) is 0 Å². The van der Waals surface area contributed by atoms with Crippen LogP contribution in [-0.4, -0.2) is 55.8 Å². The maximum atomic E-state index is 12.5. The molecule has 20 heavy (non-hydrogen) atoms. The van der Waals surface area contributed by atoms with Crippen molar-refractivity contribution < 1.29 is 8.42 Å². The molecule has 1 atom stereocenters. The quantitative estimate of drug-likeness (QED) is 0.702. The zero-order valence-electron chi connectivity index (χ0n) is 12.2. The Morgan fingerprint density at radius 3 is 2.75 bits per heavy atom. The van der Waals surface area contributed by atoms with E-state index in [1.54, 1.807) is 4.31 Å². The van der Waals surface area contributed by atoms with Gasteiger partial charge in [-0.2, -0.15) is 17.0 Å². The van der Waals surface area contributed by atoms with Crippen molar-refractivity contribution in [3.63, 3.8) is 0 Å². The van der Waals surface area contributed by atoms with E-state index in [1.807, 2.05) is 6.92 Å². The molecule has 1 saturated carbocycles. The SMILES string of the molecule is C#CCN(CC)S(=O)(=O)N1CCCC(CNC2CC2)C1. The minimum Gasteiger partial charge on any atom is -0.314 e. The van der Waals surface area contributed by atoms with Gasteiger partial charge < -0.3 is 5.32 Å². The van der Waals surface area contributed by atoms with Crippen molar-refractivity contribution in [1.29, 1.82) is 0 Å². The standard InChI is InChI=1S/C14H25N3O2S/c1-3-9-16(4-2)20(18,19)17-10-5-6-13(12-17)11-15-14-7-8-14/h1,13-15H,4-12H2,2H3. The van der Waals surface area contributed by atoms with Gasteiger partial charge in [-0.05, 0) is 38.1 Å². The van der Waals surface area contributed by atoms with Crippen molar-refractivity contribution in [2.45, 2.75) is 38.6 Å². The maximum Gasteiger partial charge on any atom is 0.282 e. The van der Waals surface area contributed by atoms with Gasteiger partial charge in [0.05, 0.1) is 6.54 Å². The molecule has 0 aromatic carbocycles. The molecule has 0 radical (unpaired) electrons. The molecule has 114 valence electrons. The molecule has 1 unspecified atom stereocenters. The van der Waals surface area contributed by atoms with E-state index in [9.17, 15) is 8.42 Å². The second-order valence-electron chi connectivity index (χ2n) is 5.69. The lowest BCUT2D eigenvalue weighted by Gasteiger charge is -2.34. The summed E-state index contributed by atoms with van der Waals surface area (Å²) in [6.45, 7) is 4.56. The molecule has 0 bridgehead atoms. The normalized spacial score (nSPS) is 24.8. The van der Waals surface area contributed by atoms with Crippen LogP contribution in [0.5, 0.6) is 0 Å². The lowest BCUT2D eigenvalue weighted by molar-refractivity contribution is 0.245. The average Bonchev–Trinajstić information content (AvgIpc) is 3.27. The second kappa shape index (κ2) is 6.90. The molecule has 1 aliphatic heterocycles. The summed E-state index contributed by atoms with van der Waals surface area (Å²) in [5, 5.41) is 3.50. The van der Waals surface area contributed by atoms with Crippen LogP contribution in [0.4, 0.5) is 0 Å². The van der Waals surface area contributed by atoms with Crippen LogP contribution >= 0.6 is 0 Å². The summed E-state index contributed by atoms with van der Waals surface area (Å²) in [5.74, 6) is 2.85. The van der Waals surface area contributed by atoms with Gasteiger partial charge in [0, 0.05) is 25.7 Å². The van der Waals surface area contributed by atoms with Gasteiger partial charge in [0.25, 0.3) is 10.2 Å². The van der Waals surface area contributed by atoms with Crippen molar-refractivity contribution in [3.05, 3.63) is 0 Å². The second-order valence-corrected chi connectivity index (χ2v) is 7.62. The summed E-state index contributed by atoms with van der Waals surface area (Å²) in [6.07, 6.45) is 9.83. The van der Waals surface area contributed by atoms with E-state index in [2.05, 4.69) is 11.2 Å². The number of hydrogen-bond acceptors (Lipinski definition) is 3. The smallest absolute Gasteiger partial charge is 0.282 e. The minimum absolute atomic E-state index is 0.153. The average molecular weight is 299 g/mol. The number of piperidine rings is 1. The first-order valence-corrected chi connectivity index (χ1v) is 8.89. The molecule has 0 amide bonds. The molecule has 1 saturated heterocycles. The van der Waals surface area contributed by atoms with Gasteiger partial charge in [0.15, 0.2) is 0 Å². The fourth-order valence-corrected chi connectivity index (χ4v) is 4.30. The Bertz CT molecular complexity index is 454. The molecular weight excluding hydrogens is 274 g/mol. The first-order chi connectivity index (χ1) is 9.57. The summed E-state index contributed by atoms with van der Waals surface area (Å²) >= 11 is 0. The van der Waals surface area contributed by atoms with Crippen LogP contribution in [0.3, 0.4) is 0 Å². The first-order valence-electron chi connectivity index (χ1n) is 7.50. The van der Waals surface area contributed by atoms with Gasteiger partial charge in [-0.1, -0.05) is 12.8 Å². The van der Waals surface area contributed by atoms with Crippen LogP contribution in [-0.2, 0) is 10.2 Å². The number of nitrogens with one attached hydrogen (secondary N) is 1. The fraction of sp³-hybridized carbons (Fsp3) is 0.857. The van der Waals surface area contributed by atoms with Gasteiger partial charge in [-0.15, -0.1) is 6.42 Å². The van der Waals surface area contributed by atoms with E-state index in [0.29, 0.717) is 31.6 Å². The monoisotopic (exact) mass is 299 g/mol. The summed E-state index contributed by atoms with van der Waals surface area (Å²) < 4.78 is 28.1. The highest BCUT2D eigenvalue weighted by Crippen LogP contribution is 2.23. The Morgan fingerprint density at radius 1 is 1.40 bits per heavy atom. The predicted octanol–water partition coefficient (Wildman–Crippen LogP) is 0.650. The Balaban J connectivity index is 1.93. The topological polar surface area (TPSA) is 52.7 Å². The maximum absolute atomic E-state index is 12.5. The van der Waals surface area contributed by atoms with E-state index in [1.165, 1.54) is 17.1 Å². The lowest BCUT2D eigenvalue weighted by atomic mass is 10.00. The molecule has 1 heterocycles. The molecule has 1 aliphatic carbocycles. The molecule has 2 aliphatic rings. The van der Waals surface area contributed by atoms with Gasteiger partial charge in [-0.3, -0.25) is 0 Å². The Morgan fingerprint density at radius 2 is 2.15 bits per heavy atom. The number of rotatable bonds is 7. The van der Waals surface area contributed by atoms with Crippen LogP contribution in [0, 0.1) is 18.3 Å². The van der Waals surface area contributed by atoms with Gasteiger partial charge in [0.2, 0.25) is 0 Å². The molecule has 2 fully saturated rings. The first kappa shape index (κ1) is 15.8. The van der Waals surface area contributed by atoms with Crippen LogP contribution in [0.25, 0.3) is 0 Å². The third-order valence-corrected chi connectivity index (χ3v) is 6.05. The fourth-order valence-electron chi connectivity index (χ4n) is 2.65. The lowest BCUT2D eigenvalue weighted by Crippen LogP contribution is -2.49. The molecule has 0 aromatic heterocycles. The molecule has 5 nitrogen and oxygen atoms in total. The zero-order chi connectivity index (χ0) is 14.6. The highest BCUT2D eigenvalue weighted by Gasteiger charge is 2.33. The van der Waals surface area contributed by atoms with E-state index < -0.39 is 10.2 Å².